The zero-order chi connectivity index (χ0) is 32.7. The number of ether oxygens (including phenoxy) is 1. The fourth-order valence-electron chi connectivity index (χ4n) is 4.36. The molecule has 234 valence electrons. The summed E-state index contributed by atoms with van der Waals surface area (Å²) in [4.78, 5) is 80.2. The molecule has 44 heavy (non-hydrogen) atoms. The first-order valence-corrected chi connectivity index (χ1v) is 13.1. The molecule has 1 unspecified atom stereocenters. The number of carbonyl (C=O) groups excluding carboxylic acids is 2. The van der Waals surface area contributed by atoms with Crippen molar-refractivity contribution in [3.63, 3.8) is 0 Å². The second-order valence-electron chi connectivity index (χ2n) is 9.88. The summed E-state index contributed by atoms with van der Waals surface area (Å²) in [6.07, 6.45) is -1.80. The summed E-state index contributed by atoms with van der Waals surface area (Å²) in [7, 11) is 3.01. The zero-order valence-corrected chi connectivity index (χ0v) is 23.6. The molecule has 3 rings (SSSR count). The Kier molecular flexibility index (Phi) is 10.7. The normalized spacial score (nSPS) is 13.0. The molecule has 3 aromatic rings. The second kappa shape index (κ2) is 14.2. The van der Waals surface area contributed by atoms with Crippen LogP contribution in [0.1, 0.15) is 35.2 Å². The third-order valence-electron chi connectivity index (χ3n) is 6.75. The number of aliphatic carboxylic acids is 3. The van der Waals surface area contributed by atoms with Gasteiger partial charge in [-0.15, -0.1) is 0 Å². The van der Waals surface area contributed by atoms with Crippen molar-refractivity contribution >= 4 is 46.2 Å². The van der Waals surface area contributed by atoms with Gasteiger partial charge in [-0.25, -0.2) is 9.18 Å². The van der Waals surface area contributed by atoms with Gasteiger partial charge in [-0.05, 0) is 48.7 Å². The number of Topliss-reactive ketones (excluding diaryl/α,β-unsaturated/α-hetero) is 1. The van der Waals surface area contributed by atoms with E-state index in [-0.39, 0.29) is 19.0 Å². The van der Waals surface area contributed by atoms with E-state index < -0.39 is 77.4 Å². The summed E-state index contributed by atoms with van der Waals surface area (Å²) < 4.78 is 20.0. The number of hydrogen-bond acceptors (Lipinski definition) is 10. The number of aromatic nitrogens is 2. The number of rotatable bonds is 15. The molecule has 0 saturated heterocycles. The number of amides is 1. The molecule has 3 atom stereocenters. The van der Waals surface area contributed by atoms with Crippen molar-refractivity contribution in [3.8, 4) is 6.01 Å². The van der Waals surface area contributed by atoms with Crippen LogP contribution in [0.15, 0.2) is 41.2 Å². The number of methoxy groups -OCH3 is 1. The molecule has 1 amide bonds. The summed E-state index contributed by atoms with van der Waals surface area (Å²) in [5.41, 5.74) is 6.10. The van der Waals surface area contributed by atoms with Crippen molar-refractivity contribution in [1.29, 1.82) is 0 Å². The van der Waals surface area contributed by atoms with Crippen LogP contribution in [0.25, 0.3) is 10.9 Å². The Morgan fingerprint density at radius 3 is 2.39 bits per heavy atom. The highest BCUT2D eigenvalue weighted by Crippen LogP contribution is 2.22. The number of hydrogen-bond donors (Lipinski definition) is 6. The number of fused-ring (bicyclic) bond motifs is 1. The molecule has 1 aromatic heterocycles. The quantitative estimate of drug-likeness (QED) is 0.129. The number of carboxylic acid groups (broad SMARTS) is 3. The number of benzene rings is 2. The van der Waals surface area contributed by atoms with Crippen molar-refractivity contribution in [1.82, 2.24) is 15.3 Å². The summed E-state index contributed by atoms with van der Waals surface area (Å²) in [5.74, 6) is -9.92. The number of nitrogens with two attached hydrogens (primary N) is 1. The smallest absolute Gasteiger partial charge is 0.326 e. The first-order chi connectivity index (χ1) is 20.7. The standard InChI is InChI=1S/C28H30FN5O10/c1-34(12-13-3-7-20-16(9-13)25(39)33-28(32-20)44-2)14-4-5-15(18(29)10-14)24(38)31-21(27(42)43)11-17(26(40)41)23(37)19(30)6-8-22(35)36/h3-5,7,9-10,17,19,21H,6,8,11-12,30H2,1-2H3,(H,31,38)(H,35,36)(H,40,41)(H,42,43)(H,32,33,39)/t17?,19-,21-/m1/s1. The average molecular weight is 616 g/mol. The van der Waals surface area contributed by atoms with Crippen LogP contribution in [0.5, 0.6) is 6.01 Å². The number of H-pyrrole nitrogens is 1. The fourth-order valence-corrected chi connectivity index (χ4v) is 4.36. The van der Waals surface area contributed by atoms with E-state index in [0.717, 1.165) is 12.1 Å². The van der Waals surface area contributed by atoms with Gasteiger partial charge in [0.25, 0.3) is 17.5 Å². The van der Waals surface area contributed by atoms with E-state index in [1.54, 1.807) is 30.1 Å². The predicted molar refractivity (Wildman–Crippen MR) is 152 cm³/mol. The van der Waals surface area contributed by atoms with Gasteiger partial charge in [-0.3, -0.25) is 29.0 Å². The number of carboxylic acids is 3. The van der Waals surface area contributed by atoms with Gasteiger partial charge in [-0.2, -0.15) is 4.98 Å². The minimum Gasteiger partial charge on any atom is -0.481 e. The molecule has 16 heteroatoms. The third kappa shape index (κ3) is 8.13. The van der Waals surface area contributed by atoms with Crippen molar-refractivity contribution < 1.29 is 48.4 Å². The molecular weight excluding hydrogens is 585 g/mol. The average Bonchev–Trinajstić information content (AvgIpc) is 2.97. The first-order valence-electron chi connectivity index (χ1n) is 13.1. The highest BCUT2D eigenvalue weighted by molar-refractivity contribution is 6.02. The topological polar surface area (TPSA) is 242 Å². The van der Waals surface area contributed by atoms with E-state index in [1.807, 2.05) is 5.32 Å². The monoisotopic (exact) mass is 615 g/mol. The van der Waals surface area contributed by atoms with Crippen LogP contribution in [-0.2, 0) is 25.7 Å². The van der Waals surface area contributed by atoms with Gasteiger partial charge in [-0.1, -0.05) is 6.07 Å². The summed E-state index contributed by atoms with van der Waals surface area (Å²) in [6, 6.07) is 5.19. The second-order valence-corrected chi connectivity index (χ2v) is 9.88. The van der Waals surface area contributed by atoms with Crippen LogP contribution < -0.4 is 26.2 Å². The van der Waals surface area contributed by atoms with Gasteiger partial charge < -0.3 is 36.0 Å². The molecule has 0 bridgehead atoms. The fraction of sp³-hybridized carbons (Fsp3) is 0.321. The molecule has 7 N–H and O–H groups in total. The van der Waals surface area contributed by atoms with E-state index in [0.29, 0.717) is 22.2 Å². The first kappa shape index (κ1) is 33.1. The van der Waals surface area contributed by atoms with Crippen LogP contribution in [-0.4, -0.2) is 81.1 Å². The largest absolute Gasteiger partial charge is 0.481 e. The minimum atomic E-state index is -1.97. The lowest BCUT2D eigenvalue weighted by Gasteiger charge is -2.22. The molecule has 1 heterocycles. The predicted octanol–water partition coefficient (Wildman–Crippen LogP) is 0.742. The SMILES string of the molecule is COc1nc2ccc(CN(C)c3ccc(C(=O)N[C@H](CC(C(=O)O)C(=O)[C@H](N)CCC(=O)O)C(=O)O)c(F)c3)cc2c(=O)[nH]1. The van der Waals surface area contributed by atoms with Gasteiger partial charge in [0.2, 0.25) is 0 Å². The van der Waals surface area contributed by atoms with Crippen molar-refractivity contribution in [2.75, 3.05) is 19.1 Å². The van der Waals surface area contributed by atoms with Crippen LogP contribution in [0.4, 0.5) is 10.1 Å². The Morgan fingerprint density at radius 1 is 1.09 bits per heavy atom. The van der Waals surface area contributed by atoms with Gasteiger partial charge in [0, 0.05) is 25.7 Å². The van der Waals surface area contributed by atoms with Gasteiger partial charge >= 0.3 is 17.9 Å². The van der Waals surface area contributed by atoms with E-state index in [1.165, 1.54) is 13.2 Å². The number of carbonyl (C=O) groups is 5. The maximum Gasteiger partial charge on any atom is 0.326 e. The lowest BCUT2D eigenvalue weighted by Crippen LogP contribution is -2.47. The van der Waals surface area contributed by atoms with Crippen LogP contribution in [0.2, 0.25) is 0 Å². The molecule has 0 saturated carbocycles. The number of anilines is 1. The number of aromatic amines is 1. The lowest BCUT2D eigenvalue weighted by molar-refractivity contribution is -0.148. The molecule has 0 radical (unpaired) electrons. The zero-order valence-electron chi connectivity index (χ0n) is 23.6. The van der Waals surface area contributed by atoms with Gasteiger partial charge in [0.15, 0.2) is 5.78 Å². The van der Waals surface area contributed by atoms with E-state index in [2.05, 4.69) is 9.97 Å². The van der Waals surface area contributed by atoms with Crippen molar-refractivity contribution in [2.45, 2.75) is 37.9 Å². The van der Waals surface area contributed by atoms with Crippen LogP contribution >= 0.6 is 0 Å². The Morgan fingerprint density at radius 2 is 1.80 bits per heavy atom. The minimum absolute atomic E-state index is 0.0639. The van der Waals surface area contributed by atoms with Crippen LogP contribution in [0, 0.1) is 11.7 Å². The van der Waals surface area contributed by atoms with Crippen molar-refractivity contribution in [2.24, 2.45) is 11.7 Å². The summed E-state index contributed by atoms with van der Waals surface area (Å²) in [5, 5.41) is 30.2. The number of nitrogens with zero attached hydrogens (tertiary/aromatic N) is 2. The molecular formula is C28H30FN5O10. The number of nitrogens with one attached hydrogen (secondary N) is 2. The number of ketones is 1. The highest BCUT2D eigenvalue weighted by atomic mass is 19.1. The molecule has 15 nitrogen and oxygen atoms in total. The molecule has 0 aliphatic rings. The molecule has 2 aromatic carbocycles. The Bertz CT molecular complexity index is 1660. The molecule has 0 fully saturated rings. The summed E-state index contributed by atoms with van der Waals surface area (Å²) >= 11 is 0. The molecule has 0 spiro atoms. The van der Waals surface area contributed by atoms with Gasteiger partial charge in [0.1, 0.15) is 17.8 Å². The molecule has 0 aliphatic heterocycles. The van der Waals surface area contributed by atoms with Crippen LogP contribution in [0.3, 0.4) is 0 Å². The van der Waals surface area contributed by atoms with E-state index in [9.17, 15) is 39.0 Å². The Balaban J connectivity index is 1.73. The summed E-state index contributed by atoms with van der Waals surface area (Å²) in [6.45, 7) is 0.229. The van der Waals surface area contributed by atoms with E-state index >= 15 is 4.39 Å². The van der Waals surface area contributed by atoms with Crippen molar-refractivity contribution in [3.05, 3.63) is 63.7 Å². The Hall–Kier alpha value is -5.38. The Labute approximate surface area is 248 Å². The van der Waals surface area contributed by atoms with E-state index in [4.69, 9.17) is 15.6 Å². The maximum atomic E-state index is 15.0. The molecule has 0 aliphatic carbocycles. The van der Waals surface area contributed by atoms with Gasteiger partial charge in [0.05, 0.1) is 29.6 Å². The number of halogens is 1. The third-order valence-corrected chi connectivity index (χ3v) is 6.75. The highest BCUT2D eigenvalue weighted by Gasteiger charge is 2.36. The maximum absolute atomic E-state index is 15.0. The lowest BCUT2D eigenvalue weighted by atomic mass is 9.90.